The molecule has 174 valence electrons. The van der Waals surface area contributed by atoms with Gasteiger partial charge in [0.1, 0.15) is 5.82 Å². The maximum Gasteiger partial charge on any atom is 0.223 e. The molecule has 1 amide bonds. The molecule has 1 aliphatic rings. The van der Waals surface area contributed by atoms with Gasteiger partial charge in [0.15, 0.2) is 0 Å². The van der Waals surface area contributed by atoms with Crippen LogP contribution in [-0.2, 0) is 24.4 Å². The van der Waals surface area contributed by atoms with Crippen LogP contribution in [0.5, 0.6) is 0 Å². The number of rotatable bonds is 7. The highest BCUT2D eigenvalue weighted by Crippen LogP contribution is 2.23. The van der Waals surface area contributed by atoms with E-state index in [2.05, 4.69) is 45.1 Å². The topological polar surface area (TPSA) is 50.2 Å². The first kappa shape index (κ1) is 22.6. The number of imidazole rings is 1. The van der Waals surface area contributed by atoms with Gasteiger partial charge < -0.3 is 9.88 Å². The number of carbonyl (C=O) groups is 1. The van der Waals surface area contributed by atoms with Crippen LogP contribution in [0.15, 0.2) is 78.9 Å². The Balaban J connectivity index is 1.23. The molecule has 1 aromatic heterocycles. The molecule has 5 nitrogen and oxygen atoms in total. The van der Waals surface area contributed by atoms with Gasteiger partial charge in [-0.25, -0.2) is 4.98 Å². The molecular formula is C28H29ClN4O. The van der Waals surface area contributed by atoms with E-state index in [1.165, 1.54) is 5.56 Å². The van der Waals surface area contributed by atoms with Crippen molar-refractivity contribution in [1.82, 2.24) is 19.8 Å². The molecule has 1 saturated heterocycles. The highest BCUT2D eigenvalue weighted by molar-refractivity contribution is 6.30. The fourth-order valence-corrected chi connectivity index (χ4v) is 4.80. The van der Waals surface area contributed by atoms with Crippen molar-refractivity contribution in [3.05, 3.63) is 101 Å². The molecule has 1 fully saturated rings. The van der Waals surface area contributed by atoms with E-state index >= 15 is 0 Å². The molecule has 34 heavy (non-hydrogen) atoms. The molecule has 1 N–H and O–H groups in total. The second-order valence-corrected chi connectivity index (χ2v) is 9.42. The van der Waals surface area contributed by atoms with Gasteiger partial charge in [-0.2, -0.15) is 0 Å². The summed E-state index contributed by atoms with van der Waals surface area (Å²) in [4.78, 5) is 20.1. The number of para-hydroxylation sites is 2. The minimum atomic E-state index is 0.0767. The third kappa shape index (κ3) is 5.32. The van der Waals surface area contributed by atoms with Crippen molar-refractivity contribution in [3.8, 4) is 0 Å². The lowest BCUT2D eigenvalue weighted by Crippen LogP contribution is -2.40. The number of likely N-dealkylation sites (tertiary alicyclic amines) is 1. The summed E-state index contributed by atoms with van der Waals surface area (Å²) in [6.07, 6.45) is 1.75. The molecule has 5 rings (SSSR count). The van der Waals surface area contributed by atoms with E-state index in [4.69, 9.17) is 16.6 Å². The molecule has 0 atom stereocenters. The molecule has 0 unspecified atom stereocenters. The number of nitrogens with zero attached hydrogens (tertiary/aromatic N) is 3. The van der Waals surface area contributed by atoms with E-state index in [0.717, 1.165) is 66.5 Å². The Kier molecular flexibility index (Phi) is 6.93. The van der Waals surface area contributed by atoms with Gasteiger partial charge in [0.2, 0.25) is 5.91 Å². The molecule has 3 aromatic carbocycles. The monoisotopic (exact) mass is 472 g/mol. The van der Waals surface area contributed by atoms with Crippen molar-refractivity contribution in [2.75, 3.05) is 13.1 Å². The van der Waals surface area contributed by atoms with Gasteiger partial charge in [-0.05, 0) is 61.3 Å². The molecule has 6 heteroatoms. The number of amides is 1. The first-order valence-corrected chi connectivity index (χ1v) is 12.3. The van der Waals surface area contributed by atoms with E-state index in [1.54, 1.807) is 0 Å². The molecule has 0 radical (unpaired) electrons. The maximum atomic E-state index is 12.7. The molecule has 2 heterocycles. The van der Waals surface area contributed by atoms with Gasteiger partial charge in [0.05, 0.1) is 17.6 Å². The number of aromatic nitrogens is 2. The average molecular weight is 473 g/mol. The summed E-state index contributed by atoms with van der Waals surface area (Å²) in [5.41, 5.74) is 4.49. The van der Waals surface area contributed by atoms with Gasteiger partial charge in [0, 0.05) is 24.0 Å². The quantitative estimate of drug-likeness (QED) is 0.399. The van der Waals surface area contributed by atoms with Crippen LogP contribution in [0.2, 0.25) is 5.02 Å². The summed E-state index contributed by atoms with van der Waals surface area (Å²) in [7, 11) is 0. The maximum absolute atomic E-state index is 12.7. The largest absolute Gasteiger partial charge is 0.352 e. The van der Waals surface area contributed by atoms with Gasteiger partial charge >= 0.3 is 0 Å². The Morgan fingerprint density at radius 2 is 1.59 bits per heavy atom. The van der Waals surface area contributed by atoms with Crippen LogP contribution in [-0.4, -0.2) is 33.4 Å². The number of halogens is 1. The second-order valence-electron chi connectivity index (χ2n) is 8.98. The first-order chi connectivity index (χ1) is 16.7. The summed E-state index contributed by atoms with van der Waals surface area (Å²) in [5, 5.41) is 3.85. The van der Waals surface area contributed by atoms with Crippen molar-refractivity contribution in [3.63, 3.8) is 0 Å². The third-order valence-corrected chi connectivity index (χ3v) is 6.87. The second kappa shape index (κ2) is 10.4. The lowest BCUT2D eigenvalue weighted by atomic mass is 9.96. The Hall–Kier alpha value is -3.15. The van der Waals surface area contributed by atoms with Gasteiger partial charge in [-0.15, -0.1) is 0 Å². The highest BCUT2D eigenvalue weighted by Gasteiger charge is 2.26. The minimum Gasteiger partial charge on any atom is -0.352 e. The van der Waals surface area contributed by atoms with Crippen LogP contribution in [0.25, 0.3) is 11.0 Å². The van der Waals surface area contributed by atoms with Crippen LogP contribution < -0.4 is 5.32 Å². The van der Waals surface area contributed by atoms with Crippen molar-refractivity contribution >= 4 is 28.5 Å². The van der Waals surface area contributed by atoms with Crippen LogP contribution in [0.4, 0.5) is 0 Å². The van der Waals surface area contributed by atoms with Crippen LogP contribution in [0.3, 0.4) is 0 Å². The SMILES string of the molecule is O=C(NCc1ccccc1)C1CCN(Cc2nc3ccccc3n2Cc2ccc(Cl)cc2)CC1. The summed E-state index contributed by atoms with van der Waals surface area (Å²) in [6.45, 7) is 3.92. The van der Waals surface area contributed by atoms with E-state index in [9.17, 15) is 4.79 Å². The van der Waals surface area contributed by atoms with Crippen LogP contribution >= 0.6 is 11.6 Å². The van der Waals surface area contributed by atoms with Gasteiger partial charge in [0.25, 0.3) is 0 Å². The lowest BCUT2D eigenvalue weighted by Gasteiger charge is -2.31. The third-order valence-electron chi connectivity index (χ3n) is 6.62. The molecule has 1 aliphatic heterocycles. The van der Waals surface area contributed by atoms with E-state index in [0.29, 0.717) is 6.54 Å². The number of nitrogens with one attached hydrogen (secondary N) is 1. The first-order valence-electron chi connectivity index (χ1n) is 11.9. The van der Waals surface area contributed by atoms with E-state index < -0.39 is 0 Å². The number of fused-ring (bicyclic) bond motifs is 1. The van der Waals surface area contributed by atoms with Crippen molar-refractivity contribution < 1.29 is 4.79 Å². The number of benzene rings is 3. The standard InChI is InChI=1S/C28H29ClN4O/c29-24-12-10-22(11-13-24)19-33-26-9-5-4-8-25(26)31-27(33)20-32-16-14-23(15-17-32)28(34)30-18-21-6-2-1-3-7-21/h1-13,23H,14-20H2,(H,30,34). The highest BCUT2D eigenvalue weighted by atomic mass is 35.5. The Labute approximate surface area is 205 Å². The van der Waals surface area contributed by atoms with Crippen molar-refractivity contribution in [2.24, 2.45) is 5.92 Å². The molecule has 4 aromatic rings. The Morgan fingerprint density at radius 3 is 2.35 bits per heavy atom. The minimum absolute atomic E-state index is 0.0767. The molecule has 0 aliphatic carbocycles. The Morgan fingerprint density at radius 1 is 0.882 bits per heavy atom. The lowest BCUT2D eigenvalue weighted by molar-refractivity contribution is -0.126. The van der Waals surface area contributed by atoms with Gasteiger partial charge in [-0.3, -0.25) is 9.69 Å². The summed E-state index contributed by atoms with van der Waals surface area (Å²) in [5.74, 6) is 1.30. The van der Waals surface area contributed by atoms with Crippen LogP contribution in [0.1, 0.15) is 29.8 Å². The number of carbonyl (C=O) groups excluding carboxylic acids is 1. The van der Waals surface area contributed by atoms with E-state index in [1.807, 2.05) is 48.5 Å². The average Bonchev–Trinajstić information content (AvgIpc) is 3.21. The number of hydrogen-bond donors (Lipinski definition) is 1. The number of hydrogen-bond acceptors (Lipinski definition) is 3. The van der Waals surface area contributed by atoms with Crippen LogP contribution in [0, 0.1) is 5.92 Å². The molecular weight excluding hydrogens is 444 g/mol. The normalized spacial score (nSPS) is 15.0. The summed E-state index contributed by atoms with van der Waals surface area (Å²) < 4.78 is 2.30. The van der Waals surface area contributed by atoms with Crippen molar-refractivity contribution in [2.45, 2.75) is 32.5 Å². The molecule has 0 spiro atoms. The zero-order valence-electron chi connectivity index (χ0n) is 19.2. The predicted molar refractivity (Wildman–Crippen MR) is 137 cm³/mol. The summed E-state index contributed by atoms with van der Waals surface area (Å²) in [6, 6.07) is 26.4. The zero-order valence-corrected chi connectivity index (χ0v) is 19.9. The Bertz CT molecular complexity index is 1240. The van der Waals surface area contributed by atoms with Crippen molar-refractivity contribution in [1.29, 1.82) is 0 Å². The fourth-order valence-electron chi connectivity index (χ4n) is 4.68. The van der Waals surface area contributed by atoms with E-state index in [-0.39, 0.29) is 11.8 Å². The predicted octanol–water partition coefficient (Wildman–Crippen LogP) is 5.27. The smallest absolute Gasteiger partial charge is 0.223 e. The van der Waals surface area contributed by atoms with Gasteiger partial charge in [-0.1, -0.05) is 66.2 Å². The molecule has 0 saturated carbocycles. The molecule has 0 bridgehead atoms. The zero-order chi connectivity index (χ0) is 23.3. The summed E-state index contributed by atoms with van der Waals surface area (Å²) >= 11 is 6.08. The number of piperidine rings is 1. The fraction of sp³-hybridized carbons (Fsp3) is 0.286.